The van der Waals surface area contributed by atoms with Gasteiger partial charge in [-0.25, -0.2) is 4.79 Å². The van der Waals surface area contributed by atoms with E-state index in [4.69, 9.17) is 0 Å². The second-order valence-electron chi connectivity index (χ2n) is 5.89. The minimum atomic E-state index is -0.354. The monoisotopic (exact) mass is 308 g/mol. The lowest BCUT2D eigenvalue weighted by Crippen LogP contribution is -2.20. The van der Waals surface area contributed by atoms with E-state index in [0.29, 0.717) is 17.2 Å². The molecular weight excluding hydrogens is 288 g/mol. The topological polar surface area (TPSA) is 58.2 Å². The molecule has 2 amide bonds. The summed E-state index contributed by atoms with van der Waals surface area (Å²) in [7, 11) is 0. The molecule has 0 aromatic heterocycles. The summed E-state index contributed by atoms with van der Waals surface area (Å²) in [5.41, 5.74) is 3.05. The highest BCUT2D eigenvalue weighted by Gasteiger charge is 2.16. The van der Waals surface area contributed by atoms with E-state index in [1.54, 1.807) is 24.3 Å². The van der Waals surface area contributed by atoms with E-state index < -0.39 is 0 Å². The SMILES string of the molecule is O=Cc1ccccc1NC(=O)Nc1ccc(C2CCCC2)cc1. The number of urea groups is 1. The molecule has 1 saturated carbocycles. The first kappa shape index (κ1) is 15.3. The van der Waals surface area contributed by atoms with Gasteiger partial charge >= 0.3 is 6.03 Å². The Bertz CT molecular complexity index is 689. The zero-order valence-electron chi connectivity index (χ0n) is 12.9. The predicted octanol–water partition coefficient (Wildman–Crippen LogP) is 4.80. The highest BCUT2D eigenvalue weighted by Crippen LogP contribution is 2.34. The molecule has 0 heterocycles. The van der Waals surface area contributed by atoms with Gasteiger partial charge in [0.25, 0.3) is 0 Å². The van der Waals surface area contributed by atoms with Gasteiger partial charge in [-0.15, -0.1) is 0 Å². The van der Waals surface area contributed by atoms with Gasteiger partial charge in [0.05, 0.1) is 5.69 Å². The summed E-state index contributed by atoms with van der Waals surface area (Å²) in [4.78, 5) is 23.0. The highest BCUT2D eigenvalue weighted by atomic mass is 16.2. The maximum absolute atomic E-state index is 12.1. The molecule has 1 aliphatic carbocycles. The summed E-state index contributed by atoms with van der Waals surface area (Å²) in [5, 5.41) is 5.49. The Hall–Kier alpha value is -2.62. The summed E-state index contributed by atoms with van der Waals surface area (Å²) >= 11 is 0. The van der Waals surface area contributed by atoms with Gasteiger partial charge in [-0.2, -0.15) is 0 Å². The first-order chi connectivity index (χ1) is 11.3. The fourth-order valence-corrected chi connectivity index (χ4v) is 3.10. The van der Waals surface area contributed by atoms with Gasteiger partial charge in [0.1, 0.15) is 0 Å². The third kappa shape index (κ3) is 3.77. The molecule has 0 aliphatic heterocycles. The van der Waals surface area contributed by atoms with Crippen LogP contribution in [0.15, 0.2) is 48.5 Å². The second kappa shape index (κ2) is 7.09. The second-order valence-corrected chi connectivity index (χ2v) is 5.89. The van der Waals surface area contributed by atoms with E-state index in [9.17, 15) is 9.59 Å². The van der Waals surface area contributed by atoms with Gasteiger partial charge in [0.2, 0.25) is 0 Å². The molecule has 0 bridgehead atoms. The van der Waals surface area contributed by atoms with Crippen LogP contribution in [0.3, 0.4) is 0 Å². The van der Waals surface area contributed by atoms with Crippen LogP contribution in [0.25, 0.3) is 0 Å². The van der Waals surface area contributed by atoms with E-state index in [1.807, 2.05) is 12.1 Å². The van der Waals surface area contributed by atoms with Crippen LogP contribution in [-0.2, 0) is 0 Å². The maximum atomic E-state index is 12.1. The van der Waals surface area contributed by atoms with Crippen LogP contribution in [0.1, 0.15) is 47.5 Å². The van der Waals surface area contributed by atoms with Crippen LogP contribution in [0.2, 0.25) is 0 Å². The molecule has 0 radical (unpaired) electrons. The van der Waals surface area contributed by atoms with Crippen molar-refractivity contribution in [1.82, 2.24) is 0 Å². The van der Waals surface area contributed by atoms with Crippen LogP contribution in [0.4, 0.5) is 16.2 Å². The van der Waals surface area contributed by atoms with Crippen LogP contribution >= 0.6 is 0 Å². The fourth-order valence-electron chi connectivity index (χ4n) is 3.10. The number of rotatable bonds is 4. The Kier molecular flexibility index (Phi) is 4.71. The normalized spacial score (nSPS) is 14.4. The lowest BCUT2D eigenvalue weighted by molar-refractivity contribution is 0.112. The Labute approximate surface area is 135 Å². The first-order valence-electron chi connectivity index (χ1n) is 7.98. The van der Waals surface area contributed by atoms with E-state index >= 15 is 0 Å². The van der Waals surface area contributed by atoms with Crippen LogP contribution < -0.4 is 10.6 Å². The largest absolute Gasteiger partial charge is 0.323 e. The molecule has 4 heteroatoms. The lowest BCUT2D eigenvalue weighted by atomic mass is 9.98. The van der Waals surface area contributed by atoms with Gasteiger partial charge in [-0.05, 0) is 48.6 Å². The molecule has 118 valence electrons. The third-order valence-electron chi connectivity index (χ3n) is 4.33. The van der Waals surface area contributed by atoms with Crippen molar-refractivity contribution >= 4 is 23.7 Å². The van der Waals surface area contributed by atoms with Crippen LogP contribution in [0.5, 0.6) is 0 Å². The molecule has 1 fully saturated rings. The van der Waals surface area contributed by atoms with Crippen molar-refractivity contribution < 1.29 is 9.59 Å². The summed E-state index contributed by atoms with van der Waals surface area (Å²) in [5.74, 6) is 0.664. The van der Waals surface area contributed by atoms with Crippen molar-refractivity contribution in [1.29, 1.82) is 0 Å². The van der Waals surface area contributed by atoms with Gasteiger partial charge in [0.15, 0.2) is 6.29 Å². The van der Waals surface area contributed by atoms with E-state index in [2.05, 4.69) is 22.8 Å². The number of aldehydes is 1. The molecule has 23 heavy (non-hydrogen) atoms. The summed E-state index contributed by atoms with van der Waals surface area (Å²) in [6, 6.07) is 14.6. The predicted molar refractivity (Wildman–Crippen MR) is 92.1 cm³/mol. The Morgan fingerprint density at radius 1 is 0.957 bits per heavy atom. The average molecular weight is 308 g/mol. The average Bonchev–Trinajstić information content (AvgIpc) is 3.10. The molecule has 4 nitrogen and oxygen atoms in total. The summed E-state index contributed by atoms with van der Waals surface area (Å²) < 4.78 is 0. The molecule has 0 saturated heterocycles. The van der Waals surface area contributed by atoms with Crippen molar-refractivity contribution in [3.8, 4) is 0 Å². The van der Waals surface area contributed by atoms with E-state index in [-0.39, 0.29) is 6.03 Å². The Balaban J connectivity index is 1.62. The van der Waals surface area contributed by atoms with Gasteiger partial charge in [-0.1, -0.05) is 37.1 Å². The molecule has 2 aromatic carbocycles. The number of benzene rings is 2. The van der Waals surface area contributed by atoms with Crippen molar-refractivity contribution in [3.63, 3.8) is 0 Å². The zero-order valence-corrected chi connectivity index (χ0v) is 12.9. The molecule has 1 aliphatic rings. The van der Waals surface area contributed by atoms with Crippen molar-refractivity contribution in [2.75, 3.05) is 10.6 Å². The minimum Gasteiger partial charge on any atom is -0.308 e. The third-order valence-corrected chi connectivity index (χ3v) is 4.33. The molecular formula is C19H20N2O2. The number of amides is 2. The number of anilines is 2. The first-order valence-corrected chi connectivity index (χ1v) is 7.98. The molecule has 0 unspecified atom stereocenters. The Morgan fingerprint density at radius 2 is 1.65 bits per heavy atom. The number of hydrogen-bond donors (Lipinski definition) is 2. The molecule has 2 aromatic rings. The maximum Gasteiger partial charge on any atom is 0.323 e. The standard InChI is InChI=1S/C19H20N2O2/c22-13-16-7-3-4-8-18(16)21-19(23)20-17-11-9-15(10-12-17)14-5-1-2-6-14/h3-4,7-14H,1-2,5-6H2,(H2,20,21,23). The fraction of sp³-hybridized carbons (Fsp3) is 0.263. The van der Waals surface area contributed by atoms with Crippen LogP contribution in [0, 0.1) is 0 Å². The van der Waals surface area contributed by atoms with Gasteiger partial charge < -0.3 is 10.6 Å². The highest BCUT2D eigenvalue weighted by molar-refractivity contribution is 6.02. The smallest absolute Gasteiger partial charge is 0.308 e. The Morgan fingerprint density at radius 3 is 2.35 bits per heavy atom. The summed E-state index contributed by atoms with van der Waals surface area (Å²) in [6.07, 6.45) is 5.87. The number of para-hydroxylation sites is 1. The van der Waals surface area contributed by atoms with E-state index in [0.717, 1.165) is 12.0 Å². The lowest BCUT2D eigenvalue weighted by Gasteiger charge is -2.12. The summed E-state index contributed by atoms with van der Waals surface area (Å²) in [6.45, 7) is 0. The van der Waals surface area contributed by atoms with Crippen molar-refractivity contribution in [2.24, 2.45) is 0 Å². The van der Waals surface area contributed by atoms with Crippen molar-refractivity contribution in [2.45, 2.75) is 31.6 Å². The molecule has 0 spiro atoms. The molecule has 2 N–H and O–H groups in total. The van der Waals surface area contributed by atoms with Gasteiger partial charge in [-0.3, -0.25) is 4.79 Å². The number of hydrogen-bond acceptors (Lipinski definition) is 2. The number of carbonyl (C=O) groups excluding carboxylic acids is 2. The zero-order chi connectivity index (χ0) is 16.1. The molecule has 3 rings (SSSR count). The number of carbonyl (C=O) groups is 2. The van der Waals surface area contributed by atoms with Crippen molar-refractivity contribution in [3.05, 3.63) is 59.7 Å². The minimum absolute atomic E-state index is 0.354. The molecule has 0 atom stereocenters. The van der Waals surface area contributed by atoms with Gasteiger partial charge in [0, 0.05) is 11.3 Å². The van der Waals surface area contributed by atoms with Crippen LogP contribution in [-0.4, -0.2) is 12.3 Å². The quantitative estimate of drug-likeness (QED) is 0.797. The van der Waals surface area contributed by atoms with E-state index in [1.165, 1.54) is 31.2 Å². The number of nitrogens with one attached hydrogen (secondary N) is 2.